The number of anilines is 1. The van der Waals surface area contributed by atoms with Gasteiger partial charge in [0.1, 0.15) is 0 Å². The van der Waals surface area contributed by atoms with Crippen LogP contribution in [0.3, 0.4) is 0 Å². The van der Waals surface area contributed by atoms with Crippen molar-refractivity contribution < 1.29 is 9.53 Å². The van der Waals surface area contributed by atoms with Crippen LogP contribution in [0, 0.1) is 5.92 Å². The molecule has 1 fully saturated rings. The summed E-state index contributed by atoms with van der Waals surface area (Å²) >= 11 is 0. The molecule has 7 heteroatoms. The summed E-state index contributed by atoms with van der Waals surface area (Å²) in [7, 11) is 1.86. The van der Waals surface area contributed by atoms with Crippen LogP contribution in [-0.2, 0) is 11.8 Å². The van der Waals surface area contributed by atoms with Gasteiger partial charge in [0.25, 0.3) is 5.91 Å². The van der Waals surface area contributed by atoms with Crippen LogP contribution >= 0.6 is 0 Å². The molecule has 0 unspecified atom stereocenters. The number of aromatic nitrogens is 3. The van der Waals surface area contributed by atoms with Gasteiger partial charge in [0.05, 0.1) is 22.8 Å². The molecule has 0 aromatic carbocycles. The quantitative estimate of drug-likeness (QED) is 0.794. The number of carbonyl (C=O) groups is 1. The Morgan fingerprint density at radius 1 is 1.31 bits per heavy atom. The Balaban J connectivity index is 1.87. The normalized spacial score (nSPS) is 15.5. The molecule has 1 aliphatic rings. The second kappa shape index (κ2) is 8.49. The van der Waals surface area contributed by atoms with Crippen molar-refractivity contribution in [2.45, 2.75) is 45.6 Å². The van der Waals surface area contributed by atoms with Crippen molar-refractivity contribution in [3.05, 3.63) is 18.0 Å². The molecule has 1 saturated heterocycles. The first-order chi connectivity index (χ1) is 12.6. The standard InChI is InChI=1S/C19H29N5O2/c1-4-13(5-2)10-21-19(25)16-11-20-18-15(12-22-24(18)3)17(16)23-14-6-8-26-9-7-14/h11-14H,4-10H2,1-3H3,(H,20,23)(H,21,25). The van der Waals surface area contributed by atoms with Gasteiger partial charge in [0.15, 0.2) is 5.65 Å². The third-order valence-electron chi connectivity index (χ3n) is 5.28. The molecule has 142 valence electrons. The number of carbonyl (C=O) groups excluding carboxylic acids is 1. The Kier molecular flexibility index (Phi) is 6.08. The lowest BCUT2D eigenvalue weighted by atomic mass is 10.0. The Labute approximate surface area is 154 Å². The van der Waals surface area contributed by atoms with Gasteiger partial charge in [-0.05, 0) is 18.8 Å². The summed E-state index contributed by atoms with van der Waals surface area (Å²) in [6, 6.07) is 0.292. The summed E-state index contributed by atoms with van der Waals surface area (Å²) in [5, 5.41) is 11.8. The Bertz CT molecular complexity index is 748. The summed E-state index contributed by atoms with van der Waals surface area (Å²) < 4.78 is 7.18. The number of hydrogen-bond acceptors (Lipinski definition) is 5. The number of ether oxygens (including phenoxy) is 1. The maximum absolute atomic E-state index is 12.9. The van der Waals surface area contributed by atoms with Gasteiger partial charge in [-0.2, -0.15) is 5.10 Å². The molecule has 26 heavy (non-hydrogen) atoms. The molecule has 0 radical (unpaired) electrons. The van der Waals surface area contributed by atoms with Crippen molar-refractivity contribution in [3.8, 4) is 0 Å². The van der Waals surface area contributed by atoms with E-state index >= 15 is 0 Å². The zero-order valence-corrected chi connectivity index (χ0v) is 15.9. The average molecular weight is 359 g/mol. The molecule has 2 N–H and O–H groups in total. The van der Waals surface area contributed by atoms with E-state index in [9.17, 15) is 4.79 Å². The maximum Gasteiger partial charge on any atom is 0.254 e. The molecule has 0 aliphatic carbocycles. The van der Waals surface area contributed by atoms with Gasteiger partial charge in [-0.1, -0.05) is 26.7 Å². The number of hydrogen-bond donors (Lipinski definition) is 2. The van der Waals surface area contributed by atoms with Crippen LogP contribution in [0.4, 0.5) is 5.69 Å². The second-order valence-electron chi connectivity index (χ2n) is 6.98. The van der Waals surface area contributed by atoms with Gasteiger partial charge >= 0.3 is 0 Å². The van der Waals surface area contributed by atoms with Crippen molar-refractivity contribution in [2.75, 3.05) is 25.1 Å². The third-order valence-corrected chi connectivity index (χ3v) is 5.28. The number of nitrogens with zero attached hydrogens (tertiary/aromatic N) is 3. The first kappa shape index (κ1) is 18.6. The van der Waals surface area contributed by atoms with Crippen LogP contribution < -0.4 is 10.6 Å². The van der Waals surface area contributed by atoms with Gasteiger partial charge in [0, 0.05) is 39.0 Å². The summed E-state index contributed by atoms with van der Waals surface area (Å²) in [6.45, 7) is 6.49. The fourth-order valence-corrected chi connectivity index (χ4v) is 3.38. The first-order valence-electron chi connectivity index (χ1n) is 9.57. The minimum atomic E-state index is -0.0790. The molecule has 0 saturated carbocycles. The smallest absolute Gasteiger partial charge is 0.254 e. The van der Waals surface area contributed by atoms with Crippen LogP contribution in [0.25, 0.3) is 11.0 Å². The summed E-state index contributed by atoms with van der Waals surface area (Å²) in [5.74, 6) is 0.422. The number of fused-ring (bicyclic) bond motifs is 1. The molecule has 0 bridgehead atoms. The topological polar surface area (TPSA) is 81.1 Å². The van der Waals surface area contributed by atoms with Gasteiger partial charge in [-0.25, -0.2) is 4.98 Å². The van der Waals surface area contributed by atoms with Crippen molar-refractivity contribution in [1.29, 1.82) is 0 Å². The van der Waals surface area contributed by atoms with Gasteiger partial charge in [0.2, 0.25) is 0 Å². The molecule has 3 rings (SSSR count). The predicted octanol–water partition coefficient (Wildman–Crippen LogP) is 2.73. The average Bonchev–Trinajstić information content (AvgIpc) is 3.05. The minimum Gasteiger partial charge on any atom is -0.381 e. The van der Waals surface area contributed by atoms with E-state index in [1.54, 1.807) is 17.1 Å². The Hall–Kier alpha value is -2.15. The summed E-state index contributed by atoms with van der Waals surface area (Å²) in [4.78, 5) is 17.3. The lowest BCUT2D eigenvalue weighted by Gasteiger charge is -2.25. The van der Waals surface area contributed by atoms with Gasteiger partial charge in [-0.15, -0.1) is 0 Å². The number of rotatable bonds is 7. The monoisotopic (exact) mass is 359 g/mol. The Morgan fingerprint density at radius 3 is 2.73 bits per heavy atom. The fourth-order valence-electron chi connectivity index (χ4n) is 3.38. The van der Waals surface area contributed by atoms with Gasteiger partial charge < -0.3 is 15.4 Å². The molecule has 0 atom stereocenters. The highest BCUT2D eigenvalue weighted by Gasteiger charge is 2.22. The van der Waals surface area contributed by atoms with Crippen LogP contribution in [0.5, 0.6) is 0 Å². The Morgan fingerprint density at radius 2 is 2.04 bits per heavy atom. The summed E-state index contributed by atoms with van der Waals surface area (Å²) in [6.07, 6.45) is 7.42. The number of aryl methyl sites for hydroxylation is 1. The van der Waals surface area contributed by atoms with E-state index in [-0.39, 0.29) is 5.91 Å². The van der Waals surface area contributed by atoms with Crippen molar-refractivity contribution >= 4 is 22.6 Å². The molecular formula is C19H29N5O2. The van der Waals surface area contributed by atoms with Crippen LogP contribution in [0.2, 0.25) is 0 Å². The van der Waals surface area contributed by atoms with Crippen LogP contribution in [0.15, 0.2) is 12.4 Å². The van der Waals surface area contributed by atoms with E-state index in [4.69, 9.17) is 4.74 Å². The molecule has 2 aromatic rings. The van der Waals surface area contributed by atoms with E-state index in [0.717, 1.165) is 55.6 Å². The van der Waals surface area contributed by atoms with Crippen molar-refractivity contribution in [3.63, 3.8) is 0 Å². The van der Waals surface area contributed by atoms with E-state index in [1.165, 1.54) is 0 Å². The van der Waals surface area contributed by atoms with E-state index < -0.39 is 0 Å². The lowest BCUT2D eigenvalue weighted by molar-refractivity contribution is 0.0903. The van der Waals surface area contributed by atoms with E-state index in [2.05, 4.69) is 34.6 Å². The summed E-state index contributed by atoms with van der Waals surface area (Å²) in [5.41, 5.74) is 2.19. The highest BCUT2D eigenvalue weighted by Crippen LogP contribution is 2.28. The third kappa shape index (κ3) is 3.98. The fraction of sp³-hybridized carbons (Fsp3) is 0.632. The van der Waals surface area contributed by atoms with Crippen molar-refractivity contribution in [1.82, 2.24) is 20.1 Å². The molecule has 3 heterocycles. The number of pyridine rings is 1. The molecule has 0 spiro atoms. The highest BCUT2D eigenvalue weighted by atomic mass is 16.5. The zero-order valence-electron chi connectivity index (χ0n) is 15.9. The minimum absolute atomic E-state index is 0.0790. The maximum atomic E-state index is 12.9. The van der Waals surface area contributed by atoms with Crippen molar-refractivity contribution in [2.24, 2.45) is 13.0 Å². The number of amides is 1. The lowest BCUT2D eigenvalue weighted by Crippen LogP contribution is -2.32. The SMILES string of the molecule is CCC(CC)CNC(=O)c1cnc2c(cnn2C)c1NC1CCOCC1. The zero-order chi connectivity index (χ0) is 18.5. The molecule has 2 aromatic heterocycles. The molecule has 1 amide bonds. The largest absolute Gasteiger partial charge is 0.381 e. The van der Waals surface area contributed by atoms with E-state index in [0.29, 0.717) is 24.1 Å². The number of nitrogens with one attached hydrogen (secondary N) is 2. The molecular weight excluding hydrogens is 330 g/mol. The molecule has 1 aliphatic heterocycles. The second-order valence-corrected chi connectivity index (χ2v) is 6.98. The first-order valence-corrected chi connectivity index (χ1v) is 9.57. The van der Waals surface area contributed by atoms with E-state index in [1.807, 2.05) is 7.05 Å². The van der Waals surface area contributed by atoms with Crippen LogP contribution in [0.1, 0.15) is 49.9 Å². The predicted molar refractivity (Wildman–Crippen MR) is 102 cm³/mol. The van der Waals surface area contributed by atoms with Crippen LogP contribution in [-0.4, -0.2) is 46.5 Å². The highest BCUT2D eigenvalue weighted by molar-refractivity contribution is 6.06. The van der Waals surface area contributed by atoms with Gasteiger partial charge in [-0.3, -0.25) is 9.48 Å². The molecule has 7 nitrogen and oxygen atoms in total.